The lowest BCUT2D eigenvalue weighted by Gasteiger charge is -2.27. The third-order valence-electron chi connectivity index (χ3n) is 2.01. The maximum Gasteiger partial charge on any atom is 0.143 e. The van der Waals surface area contributed by atoms with Crippen LogP contribution in [0.5, 0.6) is 0 Å². The smallest absolute Gasteiger partial charge is 0.143 e. The van der Waals surface area contributed by atoms with E-state index in [9.17, 15) is 0 Å². The Hall–Kier alpha value is 0.200. The largest absolute Gasteiger partial charge is 0.352 e. The van der Waals surface area contributed by atoms with Gasteiger partial charge < -0.3 is 4.90 Å². The van der Waals surface area contributed by atoms with Gasteiger partial charge in [-0.15, -0.1) is 0 Å². The minimum absolute atomic E-state index is 0.410. The number of anilines is 1. The molecule has 15 heavy (non-hydrogen) atoms. The van der Waals surface area contributed by atoms with Crippen molar-refractivity contribution in [1.82, 2.24) is 4.98 Å². The zero-order valence-corrected chi connectivity index (χ0v) is 12.6. The van der Waals surface area contributed by atoms with E-state index in [1.54, 1.807) is 6.20 Å². The van der Waals surface area contributed by atoms with Crippen molar-refractivity contribution in [1.29, 1.82) is 0 Å². The number of hydrogen-bond donors (Lipinski definition) is 0. The molecule has 1 aromatic heterocycles. The Bertz CT molecular complexity index is 331. The Morgan fingerprint density at radius 1 is 1.53 bits per heavy atom. The highest BCUT2D eigenvalue weighted by Gasteiger charge is 2.14. The summed E-state index contributed by atoms with van der Waals surface area (Å²) in [5.41, 5.74) is 0. The molecular weight excluding hydrogens is 343 g/mol. The molecule has 0 amide bonds. The summed E-state index contributed by atoms with van der Waals surface area (Å²) in [6.45, 7) is 5.21. The van der Waals surface area contributed by atoms with Crippen LogP contribution in [0.1, 0.15) is 13.8 Å². The highest BCUT2D eigenvalue weighted by Crippen LogP contribution is 2.27. The summed E-state index contributed by atoms with van der Waals surface area (Å²) in [4.78, 5) is 6.56. The van der Waals surface area contributed by atoms with Crippen LogP contribution in [0.3, 0.4) is 0 Å². The summed E-state index contributed by atoms with van der Waals surface area (Å²) in [6, 6.07) is 2.28. The molecule has 0 unspecified atom stereocenters. The second kappa shape index (κ2) is 6.06. The molecule has 0 spiro atoms. The van der Waals surface area contributed by atoms with E-state index in [0.717, 1.165) is 22.2 Å². The van der Waals surface area contributed by atoms with Crippen molar-refractivity contribution < 1.29 is 0 Å². The fourth-order valence-electron chi connectivity index (χ4n) is 1.32. The van der Waals surface area contributed by atoms with Crippen LogP contribution >= 0.6 is 43.5 Å². The molecule has 0 aliphatic carbocycles. The van der Waals surface area contributed by atoms with Crippen LogP contribution in [-0.2, 0) is 0 Å². The molecule has 5 heteroatoms. The molecule has 0 saturated carbocycles. The summed E-state index contributed by atoms with van der Waals surface area (Å²) < 4.78 is 0.935. The molecule has 84 valence electrons. The zero-order chi connectivity index (χ0) is 11.4. The van der Waals surface area contributed by atoms with E-state index in [0.29, 0.717) is 11.1 Å². The molecule has 0 atom stereocenters. The fraction of sp³-hybridized carbons (Fsp3) is 0.500. The Morgan fingerprint density at radius 3 is 2.67 bits per heavy atom. The highest BCUT2D eigenvalue weighted by molar-refractivity contribution is 9.10. The Morgan fingerprint density at radius 2 is 2.20 bits per heavy atom. The third kappa shape index (κ3) is 3.61. The lowest BCUT2D eigenvalue weighted by molar-refractivity contribution is 0.696. The number of hydrogen-bond acceptors (Lipinski definition) is 2. The van der Waals surface area contributed by atoms with Crippen LogP contribution in [0.15, 0.2) is 16.7 Å². The van der Waals surface area contributed by atoms with E-state index in [1.807, 2.05) is 6.07 Å². The van der Waals surface area contributed by atoms with Gasteiger partial charge in [0.15, 0.2) is 0 Å². The minimum Gasteiger partial charge on any atom is -0.352 e. The summed E-state index contributed by atoms with van der Waals surface area (Å²) in [6.07, 6.45) is 1.67. The summed E-state index contributed by atoms with van der Waals surface area (Å²) >= 11 is 12.8. The number of halogens is 3. The molecule has 1 rings (SSSR count). The van der Waals surface area contributed by atoms with Gasteiger partial charge in [-0.2, -0.15) is 0 Å². The van der Waals surface area contributed by atoms with Crippen molar-refractivity contribution >= 4 is 49.3 Å². The van der Waals surface area contributed by atoms with Gasteiger partial charge in [0.1, 0.15) is 5.82 Å². The van der Waals surface area contributed by atoms with Gasteiger partial charge in [-0.1, -0.05) is 27.5 Å². The predicted octanol–water partition coefficient (Wildman–Crippen LogP) is 4.11. The van der Waals surface area contributed by atoms with Crippen LogP contribution in [0.4, 0.5) is 5.82 Å². The standard InChI is InChI=1S/C10H13Br2ClN2/c1-7(2)15(4-3-11)10-9(12)5-8(13)6-14-10/h5-7H,3-4H2,1-2H3. The molecule has 0 N–H and O–H groups in total. The molecule has 0 radical (unpaired) electrons. The predicted molar refractivity (Wildman–Crippen MR) is 73.2 cm³/mol. The van der Waals surface area contributed by atoms with Gasteiger partial charge in [0.2, 0.25) is 0 Å². The summed E-state index contributed by atoms with van der Waals surface area (Å²) in [5, 5.41) is 1.57. The lowest BCUT2D eigenvalue weighted by Crippen LogP contribution is -2.33. The van der Waals surface area contributed by atoms with Crippen LogP contribution in [0, 0.1) is 0 Å². The van der Waals surface area contributed by atoms with Gasteiger partial charge in [0.25, 0.3) is 0 Å². The molecule has 1 heterocycles. The van der Waals surface area contributed by atoms with E-state index in [-0.39, 0.29) is 0 Å². The third-order valence-corrected chi connectivity index (χ3v) is 3.15. The van der Waals surface area contributed by atoms with Gasteiger partial charge >= 0.3 is 0 Å². The average molecular weight is 356 g/mol. The molecule has 0 aliphatic heterocycles. The highest BCUT2D eigenvalue weighted by atomic mass is 79.9. The van der Waals surface area contributed by atoms with E-state index >= 15 is 0 Å². The van der Waals surface area contributed by atoms with E-state index < -0.39 is 0 Å². The molecule has 0 bridgehead atoms. The summed E-state index contributed by atoms with van der Waals surface area (Å²) in [5.74, 6) is 0.939. The zero-order valence-electron chi connectivity index (χ0n) is 8.67. The van der Waals surface area contributed by atoms with Gasteiger partial charge in [0.05, 0.1) is 9.50 Å². The van der Waals surface area contributed by atoms with Crippen molar-refractivity contribution in [2.24, 2.45) is 0 Å². The first-order valence-corrected chi connectivity index (χ1v) is 6.99. The average Bonchev–Trinajstić information content (AvgIpc) is 2.15. The first-order valence-electron chi connectivity index (χ1n) is 4.70. The number of nitrogens with zero attached hydrogens (tertiary/aromatic N) is 2. The molecule has 0 saturated heterocycles. The molecular formula is C10H13Br2ClN2. The second-order valence-electron chi connectivity index (χ2n) is 3.44. The number of pyridine rings is 1. The van der Waals surface area contributed by atoms with Gasteiger partial charge in [0, 0.05) is 24.1 Å². The molecule has 1 aromatic rings. The SMILES string of the molecule is CC(C)N(CCBr)c1ncc(Cl)cc1Br. The first kappa shape index (κ1) is 13.3. The molecule has 0 aromatic carbocycles. The summed E-state index contributed by atoms with van der Waals surface area (Å²) in [7, 11) is 0. The Kier molecular flexibility index (Phi) is 5.36. The molecule has 0 aliphatic rings. The topological polar surface area (TPSA) is 16.1 Å². The quantitative estimate of drug-likeness (QED) is 0.755. The fourth-order valence-corrected chi connectivity index (χ4v) is 2.57. The maximum absolute atomic E-state index is 5.86. The Labute approximate surface area is 112 Å². The normalized spacial score (nSPS) is 10.8. The van der Waals surface area contributed by atoms with Crippen molar-refractivity contribution in [3.8, 4) is 0 Å². The monoisotopic (exact) mass is 354 g/mol. The lowest BCUT2D eigenvalue weighted by atomic mass is 10.3. The maximum atomic E-state index is 5.86. The van der Waals surface area contributed by atoms with E-state index in [1.165, 1.54) is 0 Å². The number of aromatic nitrogens is 1. The van der Waals surface area contributed by atoms with Gasteiger partial charge in [-0.3, -0.25) is 0 Å². The second-order valence-corrected chi connectivity index (χ2v) is 5.52. The van der Waals surface area contributed by atoms with Crippen LogP contribution in [0.2, 0.25) is 5.02 Å². The van der Waals surface area contributed by atoms with Gasteiger partial charge in [-0.25, -0.2) is 4.98 Å². The molecule has 2 nitrogen and oxygen atoms in total. The van der Waals surface area contributed by atoms with Crippen LogP contribution in [0.25, 0.3) is 0 Å². The number of rotatable bonds is 4. The van der Waals surface area contributed by atoms with Crippen molar-refractivity contribution in [3.63, 3.8) is 0 Å². The minimum atomic E-state index is 0.410. The van der Waals surface area contributed by atoms with E-state index in [2.05, 4.69) is 55.6 Å². The Balaban J connectivity index is 3.00. The first-order chi connectivity index (χ1) is 7.06. The van der Waals surface area contributed by atoms with Crippen molar-refractivity contribution in [3.05, 3.63) is 21.8 Å². The van der Waals surface area contributed by atoms with Gasteiger partial charge in [-0.05, 0) is 35.8 Å². The number of alkyl halides is 1. The van der Waals surface area contributed by atoms with Crippen molar-refractivity contribution in [2.75, 3.05) is 16.8 Å². The molecule has 0 fully saturated rings. The van der Waals surface area contributed by atoms with E-state index in [4.69, 9.17) is 11.6 Å². The van der Waals surface area contributed by atoms with Crippen LogP contribution < -0.4 is 4.90 Å². The van der Waals surface area contributed by atoms with Crippen molar-refractivity contribution in [2.45, 2.75) is 19.9 Å². The van der Waals surface area contributed by atoms with Crippen LogP contribution in [-0.4, -0.2) is 22.9 Å².